The summed E-state index contributed by atoms with van der Waals surface area (Å²) in [4.78, 5) is 17.3. The molecule has 2 aliphatic heterocycles. The smallest absolute Gasteiger partial charge is 0.240 e. The van der Waals surface area contributed by atoms with Gasteiger partial charge in [0.1, 0.15) is 5.75 Å². The van der Waals surface area contributed by atoms with E-state index in [-0.39, 0.29) is 11.9 Å². The quantitative estimate of drug-likeness (QED) is 0.526. The van der Waals surface area contributed by atoms with E-state index in [9.17, 15) is 4.79 Å². The van der Waals surface area contributed by atoms with E-state index in [0.717, 1.165) is 55.3 Å². The highest BCUT2D eigenvalue weighted by Gasteiger charge is 2.31. The van der Waals surface area contributed by atoms with Crippen LogP contribution in [-0.2, 0) is 11.3 Å². The predicted octanol–water partition coefficient (Wildman–Crippen LogP) is 4.72. The van der Waals surface area contributed by atoms with Gasteiger partial charge in [-0.05, 0) is 53.1 Å². The second-order valence-corrected chi connectivity index (χ2v) is 9.20. The fraction of sp³-hybridized carbons (Fsp3) is 0.310. The van der Waals surface area contributed by atoms with Gasteiger partial charge in [0.15, 0.2) is 0 Å². The molecule has 3 aromatic carbocycles. The summed E-state index contributed by atoms with van der Waals surface area (Å²) in [6, 6.07) is 27.1. The zero-order chi connectivity index (χ0) is 24.2. The monoisotopic (exact) mass is 468 g/mol. The van der Waals surface area contributed by atoms with Crippen LogP contribution in [-0.4, -0.2) is 54.8 Å². The van der Waals surface area contributed by atoms with Crippen LogP contribution in [0, 0.1) is 0 Å². The lowest BCUT2D eigenvalue weighted by Crippen LogP contribution is -2.45. The van der Waals surface area contributed by atoms with E-state index in [1.807, 2.05) is 24.3 Å². The van der Waals surface area contributed by atoms with Crippen molar-refractivity contribution in [1.29, 1.82) is 0 Å². The van der Waals surface area contributed by atoms with Crippen LogP contribution in [0.2, 0.25) is 0 Å². The molecular weight excluding hydrogens is 436 g/mol. The molecule has 1 saturated heterocycles. The average Bonchev–Trinajstić information content (AvgIpc) is 3.36. The lowest BCUT2D eigenvalue weighted by atomic mass is 9.98. The van der Waals surface area contributed by atoms with Gasteiger partial charge in [0, 0.05) is 51.8 Å². The lowest BCUT2D eigenvalue weighted by molar-refractivity contribution is -0.130. The van der Waals surface area contributed by atoms with Gasteiger partial charge < -0.3 is 9.64 Å². The van der Waals surface area contributed by atoms with Crippen LogP contribution in [0.15, 0.2) is 84.0 Å². The molecule has 180 valence electrons. The summed E-state index contributed by atoms with van der Waals surface area (Å²) in [7, 11) is 1.66. The van der Waals surface area contributed by atoms with Crippen molar-refractivity contribution in [3.63, 3.8) is 0 Å². The number of carbonyl (C=O) groups excluding carboxylic acids is 1. The number of rotatable bonds is 6. The van der Waals surface area contributed by atoms with Gasteiger partial charge >= 0.3 is 0 Å². The molecule has 0 radical (unpaired) electrons. The first kappa shape index (κ1) is 23.1. The molecule has 0 bridgehead atoms. The Morgan fingerprint density at radius 3 is 2.23 bits per heavy atom. The van der Waals surface area contributed by atoms with Crippen LogP contribution < -0.4 is 9.64 Å². The number of nitrogens with zero attached hydrogens (tertiary/aromatic N) is 4. The van der Waals surface area contributed by atoms with Crippen molar-refractivity contribution < 1.29 is 9.53 Å². The first-order chi connectivity index (χ1) is 17.1. The Kier molecular flexibility index (Phi) is 6.82. The molecule has 2 heterocycles. The van der Waals surface area contributed by atoms with Crippen molar-refractivity contribution in [2.24, 2.45) is 5.10 Å². The summed E-state index contributed by atoms with van der Waals surface area (Å²) in [5.41, 5.74) is 5.65. The summed E-state index contributed by atoms with van der Waals surface area (Å²) < 4.78 is 5.26. The van der Waals surface area contributed by atoms with Gasteiger partial charge in [0.25, 0.3) is 0 Å². The fourth-order valence-corrected chi connectivity index (χ4v) is 4.93. The Morgan fingerprint density at radius 1 is 0.914 bits per heavy atom. The zero-order valence-electron chi connectivity index (χ0n) is 20.4. The maximum absolute atomic E-state index is 12.4. The summed E-state index contributed by atoms with van der Waals surface area (Å²) in [5.74, 6) is 0.765. The normalized spacial score (nSPS) is 18.5. The van der Waals surface area contributed by atoms with E-state index < -0.39 is 0 Å². The van der Waals surface area contributed by atoms with E-state index in [1.54, 1.807) is 19.0 Å². The maximum Gasteiger partial charge on any atom is 0.240 e. The molecule has 0 N–H and O–H groups in total. The first-order valence-corrected chi connectivity index (χ1v) is 12.2. The Labute approximate surface area is 207 Å². The van der Waals surface area contributed by atoms with E-state index in [0.29, 0.717) is 6.42 Å². The van der Waals surface area contributed by atoms with Crippen molar-refractivity contribution in [3.05, 3.63) is 95.6 Å². The molecule has 2 aliphatic rings. The van der Waals surface area contributed by atoms with Gasteiger partial charge in [-0.15, -0.1) is 0 Å². The van der Waals surface area contributed by atoms with E-state index >= 15 is 0 Å². The maximum atomic E-state index is 12.4. The van der Waals surface area contributed by atoms with Crippen LogP contribution in [0.4, 0.5) is 5.69 Å². The lowest BCUT2D eigenvalue weighted by Gasteiger charge is -2.36. The molecule has 35 heavy (non-hydrogen) atoms. The number of benzene rings is 3. The predicted molar refractivity (Wildman–Crippen MR) is 140 cm³/mol. The number of carbonyl (C=O) groups is 1. The van der Waals surface area contributed by atoms with Gasteiger partial charge in [-0.2, -0.15) is 5.10 Å². The number of ether oxygens (including phenoxy) is 1. The van der Waals surface area contributed by atoms with Crippen LogP contribution in [0.5, 0.6) is 5.75 Å². The van der Waals surface area contributed by atoms with Crippen molar-refractivity contribution in [3.8, 4) is 5.75 Å². The zero-order valence-corrected chi connectivity index (χ0v) is 20.4. The summed E-state index contributed by atoms with van der Waals surface area (Å²) in [5, 5.41) is 6.29. The third kappa shape index (κ3) is 5.23. The Morgan fingerprint density at radius 2 is 1.60 bits per heavy atom. The minimum atomic E-state index is -0.0821. The van der Waals surface area contributed by atoms with Crippen molar-refractivity contribution in [2.75, 3.05) is 38.2 Å². The van der Waals surface area contributed by atoms with Crippen LogP contribution in [0.3, 0.4) is 0 Å². The fourth-order valence-electron chi connectivity index (χ4n) is 4.93. The largest absolute Gasteiger partial charge is 0.497 e. The van der Waals surface area contributed by atoms with Crippen molar-refractivity contribution >= 4 is 17.3 Å². The molecule has 0 aliphatic carbocycles. The topological polar surface area (TPSA) is 48.4 Å². The Bertz CT molecular complexity index is 1170. The van der Waals surface area contributed by atoms with E-state index in [2.05, 4.69) is 69.5 Å². The van der Waals surface area contributed by atoms with E-state index in [4.69, 9.17) is 4.74 Å². The third-order valence-corrected chi connectivity index (χ3v) is 6.92. The van der Waals surface area contributed by atoms with E-state index in [1.165, 1.54) is 11.3 Å². The standard InChI is InChI=1S/C29H32N4O2/c1-22(34)33-29(20-28(30-33)24-10-14-27(35-2)15-11-24)25-8-12-26(13-9-25)32-18-16-31(17-19-32)21-23-6-4-3-5-7-23/h3-15,29H,16-21H2,1-2H3. The average molecular weight is 469 g/mol. The molecule has 6 nitrogen and oxygen atoms in total. The molecule has 1 amide bonds. The van der Waals surface area contributed by atoms with Crippen LogP contribution >= 0.6 is 0 Å². The molecule has 1 atom stereocenters. The number of hydrogen-bond acceptors (Lipinski definition) is 5. The number of amides is 1. The Balaban J connectivity index is 1.23. The van der Waals surface area contributed by atoms with Gasteiger partial charge in [-0.1, -0.05) is 42.5 Å². The summed E-state index contributed by atoms with van der Waals surface area (Å²) in [6.07, 6.45) is 0.698. The SMILES string of the molecule is COc1ccc(C2=NN(C(C)=O)C(c3ccc(N4CCN(Cc5ccccc5)CC4)cc3)C2)cc1. The minimum absolute atomic E-state index is 0.0443. The molecule has 0 saturated carbocycles. The Hall–Kier alpha value is -3.64. The van der Waals surface area contributed by atoms with Crippen LogP contribution in [0.25, 0.3) is 0 Å². The molecule has 0 spiro atoms. The van der Waals surface area contributed by atoms with Gasteiger partial charge in [-0.25, -0.2) is 5.01 Å². The second-order valence-electron chi connectivity index (χ2n) is 9.20. The molecule has 6 heteroatoms. The molecule has 3 aromatic rings. The second kappa shape index (κ2) is 10.3. The van der Waals surface area contributed by atoms with Crippen molar-refractivity contribution in [2.45, 2.75) is 25.9 Å². The summed E-state index contributed by atoms with van der Waals surface area (Å²) >= 11 is 0. The van der Waals surface area contributed by atoms with Gasteiger partial charge in [0.2, 0.25) is 5.91 Å². The van der Waals surface area contributed by atoms with Crippen molar-refractivity contribution in [1.82, 2.24) is 9.91 Å². The first-order valence-electron chi connectivity index (χ1n) is 12.2. The summed E-state index contributed by atoms with van der Waals surface area (Å²) in [6.45, 7) is 6.72. The molecule has 1 unspecified atom stereocenters. The molecule has 5 rings (SSSR count). The highest BCUT2D eigenvalue weighted by molar-refractivity contribution is 6.03. The van der Waals surface area contributed by atoms with Crippen LogP contribution in [0.1, 0.15) is 36.1 Å². The van der Waals surface area contributed by atoms with Gasteiger partial charge in [-0.3, -0.25) is 9.69 Å². The van der Waals surface area contributed by atoms with Gasteiger partial charge in [0.05, 0.1) is 18.9 Å². The molecular formula is C29H32N4O2. The third-order valence-electron chi connectivity index (χ3n) is 6.92. The number of piperazine rings is 1. The minimum Gasteiger partial charge on any atom is -0.497 e. The number of methoxy groups -OCH3 is 1. The number of anilines is 1. The number of hydrogen-bond donors (Lipinski definition) is 0. The molecule has 1 fully saturated rings. The highest BCUT2D eigenvalue weighted by atomic mass is 16.5. The number of hydrazone groups is 1. The molecule has 0 aromatic heterocycles. The highest BCUT2D eigenvalue weighted by Crippen LogP contribution is 2.34.